The number of nitrogens with two attached hydrogens (primary N) is 1. The molecule has 2 heterocycles. The van der Waals surface area contributed by atoms with Gasteiger partial charge in [0.15, 0.2) is 0 Å². The maximum atomic E-state index is 12.3. The van der Waals surface area contributed by atoms with E-state index in [-0.39, 0.29) is 5.69 Å². The van der Waals surface area contributed by atoms with Gasteiger partial charge in [-0.1, -0.05) is 0 Å². The summed E-state index contributed by atoms with van der Waals surface area (Å²) in [5, 5.41) is 0. The summed E-state index contributed by atoms with van der Waals surface area (Å²) in [4.78, 5) is 16.4. The van der Waals surface area contributed by atoms with Gasteiger partial charge in [-0.25, -0.2) is 0 Å². The number of hydrogen-bond acceptors (Lipinski definition) is 4. The molecule has 0 radical (unpaired) electrons. The Balaban J connectivity index is 2.50. The van der Waals surface area contributed by atoms with Crippen LogP contribution in [0.3, 0.4) is 0 Å². The van der Waals surface area contributed by atoms with Gasteiger partial charge in [0.25, 0.3) is 0 Å². The molecular weight excluding hydrogens is 251 g/mol. The molecule has 2 aromatic rings. The van der Waals surface area contributed by atoms with E-state index in [4.69, 9.17) is 10.5 Å². The van der Waals surface area contributed by atoms with Crippen LogP contribution in [0.2, 0.25) is 0 Å². The van der Waals surface area contributed by atoms with Crippen LogP contribution in [0.15, 0.2) is 36.4 Å². The van der Waals surface area contributed by atoms with Crippen LogP contribution in [0.1, 0.15) is 31.3 Å². The standard InChI is InChI=1S/C15H17BN2O2/c1-15(2,3)20-14(19)13-12(11(17)7-9-18-13)10-6-4-5-8-16-10/h4-9H,1-3H3,(H2,17,18). The molecule has 4 nitrogen and oxygen atoms in total. The van der Waals surface area contributed by atoms with Gasteiger partial charge in [-0.2, -0.15) is 0 Å². The molecule has 5 heteroatoms. The third-order valence-corrected chi connectivity index (χ3v) is 2.64. The van der Waals surface area contributed by atoms with Crippen LogP contribution in [-0.2, 0) is 4.74 Å². The molecule has 0 aliphatic rings. The first-order valence-electron chi connectivity index (χ1n) is 6.42. The quantitative estimate of drug-likeness (QED) is 0.850. The number of pyridine rings is 1. The van der Waals surface area contributed by atoms with Crippen molar-refractivity contribution in [3.63, 3.8) is 0 Å². The average Bonchev–Trinajstić information content (AvgIpc) is 2.37. The summed E-state index contributed by atoms with van der Waals surface area (Å²) < 4.78 is 5.38. The van der Waals surface area contributed by atoms with Gasteiger partial charge in [0.2, 0.25) is 0 Å². The summed E-state index contributed by atoms with van der Waals surface area (Å²) in [6, 6.07) is 7.36. The average molecular weight is 268 g/mol. The maximum absolute atomic E-state index is 12.3. The van der Waals surface area contributed by atoms with Gasteiger partial charge in [0, 0.05) is 0 Å². The van der Waals surface area contributed by atoms with Crippen LogP contribution in [0.25, 0.3) is 11.0 Å². The third-order valence-electron chi connectivity index (χ3n) is 2.64. The fourth-order valence-corrected chi connectivity index (χ4v) is 1.87. The Hall–Kier alpha value is -2.17. The van der Waals surface area contributed by atoms with Crippen molar-refractivity contribution in [1.82, 2.24) is 4.98 Å². The van der Waals surface area contributed by atoms with Crippen LogP contribution >= 0.6 is 0 Å². The zero-order valence-corrected chi connectivity index (χ0v) is 11.9. The van der Waals surface area contributed by atoms with E-state index >= 15 is 0 Å². The summed E-state index contributed by atoms with van der Waals surface area (Å²) in [6.07, 6.45) is 1.51. The summed E-state index contributed by atoms with van der Waals surface area (Å²) in [5.41, 5.74) is 7.64. The first kappa shape index (κ1) is 14.2. The number of hydrogen-bond donors (Lipinski definition) is 1. The number of nitrogens with zero attached hydrogens (tertiary/aromatic N) is 1. The molecule has 0 spiro atoms. The topological polar surface area (TPSA) is 65.2 Å². The molecular formula is C15H17BN2O2. The molecule has 2 rings (SSSR count). The molecule has 0 aliphatic carbocycles. The molecule has 2 aromatic heterocycles. The third kappa shape index (κ3) is 3.23. The zero-order valence-electron chi connectivity index (χ0n) is 11.9. The van der Waals surface area contributed by atoms with Crippen molar-refractivity contribution in [2.24, 2.45) is 0 Å². The number of esters is 1. The van der Waals surface area contributed by atoms with Gasteiger partial charge in [-0.05, 0) is 0 Å². The molecule has 0 bridgehead atoms. The Bertz CT molecular complexity index is 622. The van der Waals surface area contributed by atoms with Crippen molar-refractivity contribution in [3.05, 3.63) is 42.1 Å². The van der Waals surface area contributed by atoms with Crippen LogP contribution in [0.4, 0.5) is 5.69 Å². The van der Waals surface area contributed by atoms with Crippen molar-refractivity contribution in [2.75, 3.05) is 5.73 Å². The van der Waals surface area contributed by atoms with E-state index in [0.717, 1.165) is 5.46 Å². The van der Waals surface area contributed by atoms with Crippen LogP contribution in [0, 0.1) is 0 Å². The molecule has 2 N–H and O–H groups in total. The molecule has 0 amide bonds. The molecule has 0 aliphatic heterocycles. The van der Waals surface area contributed by atoms with Gasteiger partial charge in [-0.15, -0.1) is 0 Å². The van der Waals surface area contributed by atoms with Crippen LogP contribution in [-0.4, -0.2) is 23.5 Å². The van der Waals surface area contributed by atoms with E-state index in [0.29, 0.717) is 11.3 Å². The minimum atomic E-state index is -0.572. The Morgan fingerprint density at radius 2 is 2.05 bits per heavy atom. The number of ether oxygens (including phenoxy) is 1. The van der Waals surface area contributed by atoms with Crippen LogP contribution in [0.5, 0.6) is 0 Å². The molecule has 20 heavy (non-hydrogen) atoms. The Morgan fingerprint density at radius 3 is 2.65 bits per heavy atom. The monoisotopic (exact) mass is 268 g/mol. The normalized spacial score (nSPS) is 10.9. The fraction of sp³-hybridized carbons (Fsp3) is 0.267. The van der Waals surface area contributed by atoms with Crippen molar-refractivity contribution < 1.29 is 9.53 Å². The molecule has 102 valence electrons. The zero-order chi connectivity index (χ0) is 14.8. The predicted octanol–water partition coefficient (Wildman–Crippen LogP) is 2.62. The fourth-order valence-electron chi connectivity index (χ4n) is 1.87. The number of carbonyl (C=O) groups is 1. The number of rotatable bonds is 2. The van der Waals surface area contributed by atoms with Crippen molar-refractivity contribution in [2.45, 2.75) is 26.4 Å². The Labute approximate surface area is 119 Å². The summed E-state index contributed by atoms with van der Waals surface area (Å²) in [5.74, 6) is 1.42. The first-order chi connectivity index (χ1) is 9.38. The SMILES string of the molecule is CC(C)(C)OC(=O)c1nccc(N)c1-c1bcccc1. The van der Waals surface area contributed by atoms with E-state index in [1.165, 1.54) is 6.20 Å². The van der Waals surface area contributed by atoms with Crippen molar-refractivity contribution in [1.29, 1.82) is 0 Å². The van der Waals surface area contributed by atoms with Crippen LogP contribution < -0.4 is 5.73 Å². The number of carbonyl (C=O) groups excluding carboxylic acids is 1. The van der Waals surface area contributed by atoms with Gasteiger partial charge < -0.3 is 0 Å². The van der Waals surface area contributed by atoms with Gasteiger partial charge in [-0.3, -0.25) is 0 Å². The van der Waals surface area contributed by atoms with E-state index in [2.05, 4.69) is 4.98 Å². The minimum absolute atomic E-state index is 0.242. The van der Waals surface area contributed by atoms with Crippen molar-refractivity contribution in [3.8, 4) is 11.0 Å². The first-order valence-corrected chi connectivity index (χ1v) is 6.42. The second kappa shape index (κ2) is 5.45. The molecule has 0 atom stereocenters. The van der Waals surface area contributed by atoms with Gasteiger partial charge >= 0.3 is 118 Å². The van der Waals surface area contributed by atoms with Gasteiger partial charge in [0.1, 0.15) is 0 Å². The molecule has 0 saturated heterocycles. The van der Waals surface area contributed by atoms with E-state index < -0.39 is 11.6 Å². The number of nitrogen functional groups attached to an aromatic ring is 1. The summed E-state index contributed by atoms with van der Waals surface area (Å²) in [6.45, 7) is 7.35. The molecule has 0 aromatic carbocycles. The predicted molar refractivity (Wildman–Crippen MR) is 80.6 cm³/mol. The van der Waals surface area contributed by atoms with Gasteiger partial charge in [0.05, 0.1) is 0 Å². The van der Waals surface area contributed by atoms with Crippen molar-refractivity contribution >= 4 is 18.6 Å². The van der Waals surface area contributed by atoms with E-state index in [9.17, 15) is 4.79 Å². The molecule has 0 saturated carbocycles. The Kier molecular flexibility index (Phi) is 3.88. The number of anilines is 1. The molecule has 0 unspecified atom stereocenters. The summed E-state index contributed by atoms with van der Waals surface area (Å²) >= 11 is 0. The second-order valence-corrected chi connectivity index (χ2v) is 5.49. The number of aromatic nitrogens is 1. The van der Waals surface area contributed by atoms with E-state index in [1.54, 1.807) is 6.07 Å². The summed E-state index contributed by atoms with van der Waals surface area (Å²) in [7, 11) is 0. The molecule has 0 fully saturated rings. The van der Waals surface area contributed by atoms with E-state index in [1.807, 2.05) is 51.8 Å². The Morgan fingerprint density at radius 1 is 1.30 bits per heavy atom. The second-order valence-electron chi connectivity index (χ2n) is 5.49.